The fraction of sp³-hybridized carbons (Fsp3) is 0.412. The van der Waals surface area contributed by atoms with Crippen LogP contribution in [0.3, 0.4) is 0 Å². The molecule has 7 nitrogen and oxygen atoms in total. The summed E-state index contributed by atoms with van der Waals surface area (Å²) in [6.07, 6.45) is 3.97. The van der Waals surface area contributed by atoms with E-state index in [-0.39, 0.29) is 5.75 Å². The van der Waals surface area contributed by atoms with Crippen LogP contribution in [0.25, 0.3) is 0 Å². The summed E-state index contributed by atoms with van der Waals surface area (Å²) >= 11 is 0. The lowest BCUT2D eigenvalue weighted by atomic mass is 10.3. The van der Waals surface area contributed by atoms with Crippen LogP contribution < -0.4 is 14.5 Å². The van der Waals surface area contributed by atoms with Gasteiger partial charge < -0.3 is 9.80 Å². The molecule has 0 atom stereocenters. The Morgan fingerprint density at radius 3 is 2.20 bits per heavy atom. The normalized spacial score (nSPS) is 15.2. The molecule has 2 aromatic heterocycles. The van der Waals surface area contributed by atoms with Crippen molar-refractivity contribution in [3.63, 3.8) is 0 Å². The van der Waals surface area contributed by atoms with Crippen molar-refractivity contribution >= 4 is 27.3 Å². The zero-order valence-electron chi connectivity index (χ0n) is 14.3. The van der Waals surface area contributed by atoms with Gasteiger partial charge in [-0.25, -0.2) is 18.4 Å². The number of nitrogens with zero attached hydrogens (tertiary/aromatic N) is 4. The summed E-state index contributed by atoms with van der Waals surface area (Å²) in [5, 5.41) is 0. The second-order valence-electron chi connectivity index (χ2n) is 5.99. The van der Waals surface area contributed by atoms with Crippen LogP contribution in [-0.4, -0.2) is 50.3 Å². The molecule has 0 bridgehead atoms. The topological polar surface area (TPSA) is 78.4 Å². The fourth-order valence-electron chi connectivity index (χ4n) is 2.84. The van der Waals surface area contributed by atoms with E-state index in [2.05, 4.69) is 24.5 Å². The van der Waals surface area contributed by atoms with Gasteiger partial charge in [0.25, 0.3) is 0 Å². The van der Waals surface area contributed by atoms with Crippen LogP contribution in [0.15, 0.2) is 42.7 Å². The Labute approximate surface area is 148 Å². The molecule has 0 amide bonds. The molecular formula is C17H23N5O2S. The first-order valence-electron chi connectivity index (χ1n) is 8.45. The van der Waals surface area contributed by atoms with Crippen molar-refractivity contribution in [2.75, 3.05) is 46.5 Å². The third-order valence-electron chi connectivity index (χ3n) is 4.07. The number of hydrogen-bond donors (Lipinski definition) is 1. The number of pyridine rings is 2. The largest absolute Gasteiger partial charge is 0.353 e. The predicted molar refractivity (Wildman–Crippen MR) is 101 cm³/mol. The first kappa shape index (κ1) is 17.5. The molecule has 25 heavy (non-hydrogen) atoms. The molecule has 0 aliphatic carbocycles. The maximum Gasteiger partial charge on any atom is 0.232 e. The minimum atomic E-state index is -3.28. The van der Waals surface area contributed by atoms with Crippen LogP contribution in [0.1, 0.15) is 13.3 Å². The molecule has 1 N–H and O–H groups in total. The van der Waals surface area contributed by atoms with Crippen LogP contribution in [0.2, 0.25) is 0 Å². The Kier molecular flexibility index (Phi) is 5.37. The molecule has 8 heteroatoms. The Morgan fingerprint density at radius 2 is 1.68 bits per heavy atom. The van der Waals surface area contributed by atoms with Gasteiger partial charge in [-0.1, -0.05) is 13.0 Å². The van der Waals surface area contributed by atoms with Gasteiger partial charge in [-0.3, -0.25) is 4.72 Å². The van der Waals surface area contributed by atoms with E-state index < -0.39 is 10.0 Å². The molecule has 1 fully saturated rings. The third-order valence-corrected chi connectivity index (χ3v) is 5.56. The van der Waals surface area contributed by atoms with E-state index in [9.17, 15) is 8.42 Å². The second-order valence-corrected chi connectivity index (χ2v) is 7.83. The van der Waals surface area contributed by atoms with E-state index in [1.807, 2.05) is 37.4 Å². The van der Waals surface area contributed by atoms with E-state index in [4.69, 9.17) is 0 Å². The molecular weight excluding hydrogens is 338 g/mol. The van der Waals surface area contributed by atoms with Crippen LogP contribution in [0.4, 0.5) is 17.3 Å². The summed E-state index contributed by atoms with van der Waals surface area (Å²) in [5.41, 5.74) is 0.504. The summed E-state index contributed by atoms with van der Waals surface area (Å²) in [5.74, 6) is 1.97. The molecule has 3 heterocycles. The van der Waals surface area contributed by atoms with Gasteiger partial charge in [0.1, 0.15) is 11.6 Å². The molecule has 0 saturated carbocycles. The summed E-state index contributed by atoms with van der Waals surface area (Å²) in [6, 6.07) is 9.56. The van der Waals surface area contributed by atoms with Crippen LogP contribution in [-0.2, 0) is 10.0 Å². The Balaban J connectivity index is 1.59. The van der Waals surface area contributed by atoms with Gasteiger partial charge in [-0.2, -0.15) is 0 Å². The smallest absolute Gasteiger partial charge is 0.232 e. The van der Waals surface area contributed by atoms with Gasteiger partial charge >= 0.3 is 0 Å². The van der Waals surface area contributed by atoms with Crippen molar-refractivity contribution in [1.82, 2.24) is 9.97 Å². The zero-order valence-corrected chi connectivity index (χ0v) is 15.1. The molecule has 134 valence electrons. The van der Waals surface area contributed by atoms with Crippen molar-refractivity contribution in [3.8, 4) is 0 Å². The van der Waals surface area contributed by atoms with E-state index in [0.717, 1.165) is 37.8 Å². The lowest BCUT2D eigenvalue weighted by molar-refractivity contribution is 0.600. The minimum Gasteiger partial charge on any atom is -0.353 e. The summed E-state index contributed by atoms with van der Waals surface area (Å²) in [6.45, 7) is 5.30. The quantitative estimate of drug-likeness (QED) is 0.847. The second kappa shape index (κ2) is 7.69. The van der Waals surface area contributed by atoms with Crippen molar-refractivity contribution in [1.29, 1.82) is 0 Å². The van der Waals surface area contributed by atoms with Gasteiger partial charge in [0.2, 0.25) is 10.0 Å². The molecule has 0 unspecified atom stereocenters. The van der Waals surface area contributed by atoms with Crippen molar-refractivity contribution in [2.24, 2.45) is 0 Å². The molecule has 1 aliphatic rings. The van der Waals surface area contributed by atoms with Crippen molar-refractivity contribution < 1.29 is 8.42 Å². The minimum absolute atomic E-state index is 0.115. The number of piperazine rings is 1. The lowest BCUT2D eigenvalue weighted by Crippen LogP contribution is -2.47. The maximum atomic E-state index is 11.8. The van der Waals surface area contributed by atoms with E-state index in [1.54, 1.807) is 12.3 Å². The van der Waals surface area contributed by atoms with E-state index in [1.165, 1.54) is 0 Å². The molecule has 1 saturated heterocycles. The predicted octanol–water partition coefficient (Wildman–Crippen LogP) is 1.95. The molecule has 1 aliphatic heterocycles. The van der Waals surface area contributed by atoms with Crippen LogP contribution in [0.5, 0.6) is 0 Å². The molecule has 2 aromatic rings. The Morgan fingerprint density at radius 1 is 1.00 bits per heavy atom. The first-order chi connectivity index (χ1) is 12.1. The van der Waals surface area contributed by atoms with Gasteiger partial charge in [-0.15, -0.1) is 0 Å². The third kappa shape index (κ3) is 4.60. The number of hydrogen-bond acceptors (Lipinski definition) is 6. The number of rotatable bonds is 6. The average molecular weight is 361 g/mol. The highest BCUT2D eigenvalue weighted by Crippen LogP contribution is 2.19. The molecule has 0 radical (unpaired) electrons. The molecule has 3 rings (SSSR count). The fourth-order valence-corrected chi connectivity index (χ4v) is 3.96. The van der Waals surface area contributed by atoms with Crippen molar-refractivity contribution in [3.05, 3.63) is 42.7 Å². The van der Waals surface area contributed by atoms with Gasteiger partial charge in [-0.05, 0) is 30.7 Å². The molecule has 0 spiro atoms. The Hall–Kier alpha value is -2.35. The number of nitrogens with one attached hydrogen (secondary N) is 1. The summed E-state index contributed by atoms with van der Waals surface area (Å²) in [7, 11) is -3.28. The number of sulfonamides is 1. The zero-order chi connectivity index (χ0) is 17.7. The van der Waals surface area contributed by atoms with E-state index in [0.29, 0.717) is 12.1 Å². The van der Waals surface area contributed by atoms with E-state index >= 15 is 0 Å². The standard InChI is InChI=1S/C17H23N5O2S/c1-2-13-25(23,24)20-15-6-7-17(19-14-15)22-11-9-21(10-12-22)16-5-3-4-8-18-16/h3-8,14,20H,2,9-13H2,1H3. The SMILES string of the molecule is CCCS(=O)(=O)Nc1ccc(N2CCN(c3ccccn3)CC2)nc1. The summed E-state index contributed by atoms with van der Waals surface area (Å²) < 4.78 is 26.1. The van der Waals surface area contributed by atoms with Crippen LogP contribution in [0, 0.1) is 0 Å². The van der Waals surface area contributed by atoms with Gasteiger partial charge in [0, 0.05) is 32.4 Å². The van der Waals surface area contributed by atoms with Gasteiger partial charge in [0.05, 0.1) is 17.6 Å². The first-order valence-corrected chi connectivity index (χ1v) is 10.1. The summed E-state index contributed by atoms with van der Waals surface area (Å²) in [4.78, 5) is 13.2. The number of anilines is 3. The number of aromatic nitrogens is 2. The van der Waals surface area contributed by atoms with Crippen LogP contribution >= 0.6 is 0 Å². The molecule has 0 aromatic carbocycles. The lowest BCUT2D eigenvalue weighted by Gasteiger charge is -2.36. The highest BCUT2D eigenvalue weighted by Gasteiger charge is 2.19. The monoisotopic (exact) mass is 361 g/mol. The highest BCUT2D eigenvalue weighted by molar-refractivity contribution is 7.92. The highest BCUT2D eigenvalue weighted by atomic mass is 32.2. The van der Waals surface area contributed by atoms with Crippen molar-refractivity contribution in [2.45, 2.75) is 13.3 Å². The van der Waals surface area contributed by atoms with Gasteiger partial charge in [0.15, 0.2) is 0 Å². The Bertz CT molecular complexity index is 772. The average Bonchev–Trinajstić information content (AvgIpc) is 2.63. The maximum absolute atomic E-state index is 11.8.